The fourth-order valence-corrected chi connectivity index (χ4v) is 0.861. The van der Waals surface area contributed by atoms with Gasteiger partial charge < -0.3 is 4.74 Å². The van der Waals surface area contributed by atoms with E-state index < -0.39 is 0 Å². The van der Waals surface area contributed by atoms with E-state index in [0.717, 1.165) is 11.1 Å². The first-order valence-electron chi connectivity index (χ1n) is 3.12. The lowest BCUT2D eigenvalue weighted by Gasteiger charge is -1.96. The zero-order valence-corrected chi connectivity index (χ0v) is 6.18. The second-order valence-corrected chi connectivity index (χ2v) is 2.40. The van der Waals surface area contributed by atoms with E-state index in [1.54, 1.807) is 0 Å². The Morgan fingerprint density at radius 1 is 1.80 bits per heavy atom. The van der Waals surface area contributed by atoms with Crippen LogP contribution in [0.1, 0.15) is 6.92 Å². The lowest BCUT2D eigenvalue weighted by atomic mass is 10.2. The van der Waals surface area contributed by atoms with Crippen molar-refractivity contribution in [3.8, 4) is 0 Å². The minimum Gasteiger partial charge on any atom is -0.468 e. The first-order chi connectivity index (χ1) is 4.66. The first kappa shape index (κ1) is 7.06. The van der Waals surface area contributed by atoms with Crippen LogP contribution in [0.2, 0.25) is 0 Å². The van der Waals surface area contributed by atoms with Crippen LogP contribution in [0.5, 0.6) is 0 Å². The van der Waals surface area contributed by atoms with E-state index in [1.165, 1.54) is 7.11 Å². The van der Waals surface area contributed by atoms with Crippen molar-refractivity contribution in [2.24, 2.45) is 5.92 Å². The van der Waals surface area contributed by atoms with Gasteiger partial charge in [-0.1, -0.05) is 18.2 Å². The fraction of sp³-hybridized carbons (Fsp3) is 0.375. The zero-order valence-electron chi connectivity index (χ0n) is 6.18. The highest BCUT2D eigenvalue weighted by atomic mass is 16.5. The average molecular weight is 138 g/mol. The molecule has 0 aromatic rings. The lowest BCUT2D eigenvalue weighted by Crippen LogP contribution is -2.04. The molecule has 0 saturated carbocycles. The third-order valence-corrected chi connectivity index (χ3v) is 1.52. The summed E-state index contributed by atoms with van der Waals surface area (Å²) in [6.45, 7) is 5.59. The second-order valence-electron chi connectivity index (χ2n) is 2.40. The molecule has 2 nitrogen and oxygen atoms in total. The Kier molecular flexibility index (Phi) is 1.62. The van der Waals surface area contributed by atoms with Crippen molar-refractivity contribution in [3.05, 3.63) is 23.8 Å². The Hall–Kier alpha value is -1.05. The number of allylic oxidation sites excluding steroid dienone is 1. The normalized spacial score (nSPS) is 21.4. The summed E-state index contributed by atoms with van der Waals surface area (Å²) >= 11 is 0. The van der Waals surface area contributed by atoms with Gasteiger partial charge in [0.1, 0.15) is 5.92 Å². The predicted molar refractivity (Wildman–Crippen MR) is 38.4 cm³/mol. The van der Waals surface area contributed by atoms with Gasteiger partial charge in [0.2, 0.25) is 0 Å². The van der Waals surface area contributed by atoms with Gasteiger partial charge in [-0.25, -0.2) is 0 Å². The number of carbonyl (C=O) groups excluding carboxylic acids is 1. The van der Waals surface area contributed by atoms with Crippen LogP contribution in [0.25, 0.3) is 0 Å². The molecule has 0 bridgehead atoms. The summed E-state index contributed by atoms with van der Waals surface area (Å²) in [7, 11) is 1.39. The largest absolute Gasteiger partial charge is 0.468 e. The Bertz CT molecular complexity index is 213. The molecular formula is C8H10O2. The number of hydrogen-bond acceptors (Lipinski definition) is 2. The van der Waals surface area contributed by atoms with Crippen LogP contribution >= 0.6 is 0 Å². The Labute approximate surface area is 60.2 Å². The van der Waals surface area contributed by atoms with Crippen molar-refractivity contribution in [1.82, 2.24) is 0 Å². The number of ether oxygens (including phenoxy) is 1. The molecule has 0 aromatic carbocycles. The molecule has 1 aliphatic rings. The van der Waals surface area contributed by atoms with Crippen molar-refractivity contribution >= 4 is 5.97 Å². The van der Waals surface area contributed by atoms with E-state index in [-0.39, 0.29) is 11.9 Å². The predicted octanol–water partition coefficient (Wildman–Crippen LogP) is 1.29. The number of esters is 1. The molecular weight excluding hydrogens is 128 g/mol. The van der Waals surface area contributed by atoms with Gasteiger partial charge in [0.15, 0.2) is 0 Å². The summed E-state index contributed by atoms with van der Waals surface area (Å²) in [6, 6.07) is 0. The molecule has 0 amide bonds. The van der Waals surface area contributed by atoms with Gasteiger partial charge in [0.25, 0.3) is 0 Å². The van der Waals surface area contributed by atoms with E-state index >= 15 is 0 Å². The molecule has 54 valence electrons. The molecule has 0 fully saturated rings. The van der Waals surface area contributed by atoms with E-state index in [0.29, 0.717) is 0 Å². The summed E-state index contributed by atoms with van der Waals surface area (Å²) < 4.78 is 4.52. The summed E-state index contributed by atoms with van der Waals surface area (Å²) in [5.74, 6) is -0.277. The van der Waals surface area contributed by atoms with Crippen LogP contribution in [0.3, 0.4) is 0 Å². The number of rotatable bonds is 2. The SMILES string of the molecule is C=C(C)C1=CC1C(=O)OC. The molecule has 0 aliphatic heterocycles. The summed E-state index contributed by atoms with van der Waals surface area (Å²) in [5, 5.41) is 0. The molecule has 1 aliphatic carbocycles. The standard InChI is InChI=1S/C8H10O2/c1-5(2)6-4-7(6)8(9)10-3/h4,7H,1H2,2-3H3. The maximum atomic E-state index is 10.8. The Morgan fingerprint density at radius 2 is 2.40 bits per heavy atom. The molecule has 0 aromatic heterocycles. The lowest BCUT2D eigenvalue weighted by molar-refractivity contribution is -0.141. The van der Waals surface area contributed by atoms with Crippen LogP contribution in [0, 0.1) is 5.92 Å². The number of hydrogen-bond donors (Lipinski definition) is 0. The number of methoxy groups -OCH3 is 1. The molecule has 0 spiro atoms. The Morgan fingerprint density at radius 3 is 2.70 bits per heavy atom. The van der Waals surface area contributed by atoms with E-state index in [9.17, 15) is 4.79 Å². The minimum absolute atomic E-state index is 0.0949. The third-order valence-electron chi connectivity index (χ3n) is 1.52. The van der Waals surface area contributed by atoms with E-state index in [4.69, 9.17) is 0 Å². The molecule has 1 rings (SSSR count). The van der Waals surface area contributed by atoms with Gasteiger partial charge in [0.05, 0.1) is 7.11 Å². The van der Waals surface area contributed by atoms with Crippen molar-refractivity contribution in [2.75, 3.05) is 7.11 Å². The topological polar surface area (TPSA) is 26.3 Å². The summed E-state index contributed by atoms with van der Waals surface area (Å²) in [5.41, 5.74) is 1.97. The highest BCUT2D eigenvalue weighted by Gasteiger charge is 2.32. The van der Waals surface area contributed by atoms with E-state index in [1.807, 2.05) is 13.0 Å². The molecule has 10 heavy (non-hydrogen) atoms. The van der Waals surface area contributed by atoms with Crippen LogP contribution in [0.15, 0.2) is 23.8 Å². The van der Waals surface area contributed by atoms with Crippen LogP contribution in [0.4, 0.5) is 0 Å². The van der Waals surface area contributed by atoms with Crippen molar-refractivity contribution in [3.63, 3.8) is 0 Å². The van der Waals surface area contributed by atoms with Gasteiger partial charge in [-0.05, 0) is 12.5 Å². The van der Waals surface area contributed by atoms with Crippen LogP contribution < -0.4 is 0 Å². The van der Waals surface area contributed by atoms with Crippen molar-refractivity contribution in [1.29, 1.82) is 0 Å². The highest BCUT2D eigenvalue weighted by molar-refractivity contribution is 5.85. The quantitative estimate of drug-likeness (QED) is 0.537. The second kappa shape index (κ2) is 2.29. The molecule has 0 radical (unpaired) electrons. The van der Waals surface area contributed by atoms with Gasteiger partial charge in [0, 0.05) is 0 Å². The van der Waals surface area contributed by atoms with E-state index in [2.05, 4.69) is 11.3 Å². The maximum absolute atomic E-state index is 10.8. The average Bonchev–Trinajstić information content (AvgIpc) is 2.64. The number of carbonyl (C=O) groups is 1. The summed E-state index contributed by atoms with van der Waals surface area (Å²) in [6.07, 6.45) is 1.86. The van der Waals surface area contributed by atoms with Gasteiger partial charge in [-0.3, -0.25) is 4.79 Å². The van der Waals surface area contributed by atoms with Crippen LogP contribution in [-0.2, 0) is 9.53 Å². The molecule has 0 heterocycles. The van der Waals surface area contributed by atoms with Gasteiger partial charge in [-0.15, -0.1) is 0 Å². The fourth-order valence-electron chi connectivity index (χ4n) is 0.861. The molecule has 0 N–H and O–H groups in total. The minimum atomic E-state index is -0.182. The highest BCUT2D eigenvalue weighted by Crippen LogP contribution is 2.34. The molecule has 1 atom stereocenters. The Balaban J connectivity index is 2.43. The first-order valence-corrected chi connectivity index (χ1v) is 3.12. The smallest absolute Gasteiger partial charge is 0.317 e. The van der Waals surface area contributed by atoms with Crippen molar-refractivity contribution < 1.29 is 9.53 Å². The van der Waals surface area contributed by atoms with Gasteiger partial charge in [-0.2, -0.15) is 0 Å². The molecule has 1 unspecified atom stereocenters. The zero-order chi connectivity index (χ0) is 7.72. The monoisotopic (exact) mass is 138 g/mol. The van der Waals surface area contributed by atoms with Crippen molar-refractivity contribution in [2.45, 2.75) is 6.92 Å². The van der Waals surface area contributed by atoms with Gasteiger partial charge >= 0.3 is 5.97 Å². The molecule has 2 heteroatoms. The summed E-state index contributed by atoms with van der Waals surface area (Å²) in [4.78, 5) is 10.8. The maximum Gasteiger partial charge on any atom is 0.317 e. The third kappa shape index (κ3) is 1.10. The van der Waals surface area contributed by atoms with Crippen LogP contribution in [-0.4, -0.2) is 13.1 Å². The molecule has 0 saturated heterocycles.